The molecule has 0 spiro atoms. The van der Waals surface area contributed by atoms with Crippen LogP contribution in [-0.4, -0.2) is 42.1 Å². The van der Waals surface area contributed by atoms with Crippen LogP contribution in [0.1, 0.15) is 27.9 Å². The number of carbonyl (C=O) groups is 2. The van der Waals surface area contributed by atoms with Crippen molar-refractivity contribution in [2.75, 3.05) is 20.2 Å². The number of thiophene rings is 1. The molecule has 6 heteroatoms. The van der Waals surface area contributed by atoms with E-state index >= 15 is 0 Å². The normalized spacial score (nSPS) is 10.2. The Bertz CT molecular complexity index is 441. The molecule has 1 amide bonds. The van der Waals surface area contributed by atoms with E-state index in [-0.39, 0.29) is 18.9 Å². The third-order valence-corrected chi connectivity index (χ3v) is 3.52. The molecule has 0 radical (unpaired) electrons. The number of aryl methyl sites for hydroxylation is 1. The van der Waals surface area contributed by atoms with E-state index in [0.29, 0.717) is 17.2 Å². The average molecular weight is 271 g/mol. The number of carboxylic acid groups (broad SMARTS) is 1. The lowest BCUT2D eigenvalue weighted by Crippen LogP contribution is -2.32. The van der Waals surface area contributed by atoms with Crippen molar-refractivity contribution in [2.24, 2.45) is 0 Å². The second kappa shape index (κ2) is 6.39. The molecule has 0 atom stereocenters. The van der Waals surface area contributed by atoms with Crippen molar-refractivity contribution in [3.05, 3.63) is 15.8 Å². The molecule has 1 heterocycles. The Morgan fingerprint density at radius 2 is 2.17 bits per heavy atom. The third-order valence-electron chi connectivity index (χ3n) is 2.50. The Hall–Kier alpha value is -1.56. The number of carbonyl (C=O) groups excluding carboxylic acids is 1. The van der Waals surface area contributed by atoms with Gasteiger partial charge in [-0.05, 0) is 19.9 Å². The van der Waals surface area contributed by atoms with Crippen LogP contribution >= 0.6 is 11.3 Å². The first-order valence-corrected chi connectivity index (χ1v) is 6.46. The first-order chi connectivity index (χ1) is 8.49. The molecule has 1 rings (SSSR count). The Morgan fingerprint density at radius 1 is 1.50 bits per heavy atom. The highest BCUT2D eigenvalue weighted by atomic mass is 32.1. The van der Waals surface area contributed by atoms with E-state index in [1.165, 1.54) is 23.3 Å². The molecule has 0 saturated carbocycles. The molecule has 1 N–H and O–H groups in total. The van der Waals surface area contributed by atoms with Gasteiger partial charge in [-0.15, -0.1) is 11.3 Å². The lowest BCUT2D eigenvalue weighted by atomic mass is 10.3. The molecule has 1 aromatic rings. The van der Waals surface area contributed by atoms with Crippen molar-refractivity contribution in [1.29, 1.82) is 0 Å². The Balaban J connectivity index is 2.85. The predicted molar refractivity (Wildman–Crippen MR) is 69.4 cm³/mol. The van der Waals surface area contributed by atoms with E-state index in [2.05, 4.69) is 0 Å². The van der Waals surface area contributed by atoms with Crippen molar-refractivity contribution >= 4 is 23.2 Å². The Labute approximate surface area is 110 Å². The molecular weight excluding hydrogens is 254 g/mol. The van der Waals surface area contributed by atoms with Gasteiger partial charge in [0.1, 0.15) is 10.6 Å². The van der Waals surface area contributed by atoms with Crippen LogP contribution in [0.3, 0.4) is 0 Å². The summed E-state index contributed by atoms with van der Waals surface area (Å²) in [6.45, 7) is 4.42. The zero-order valence-electron chi connectivity index (χ0n) is 10.7. The number of nitrogens with zero attached hydrogens (tertiary/aromatic N) is 1. The first-order valence-electron chi connectivity index (χ1n) is 5.65. The number of methoxy groups -OCH3 is 1. The number of aliphatic carboxylic acids is 1. The first kappa shape index (κ1) is 14.5. The molecule has 0 fully saturated rings. The number of ether oxygens (including phenoxy) is 1. The molecule has 0 aromatic carbocycles. The van der Waals surface area contributed by atoms with Crippen LogP contribution in [0.5, 0.6) is 5.75 Å². The summed E-state index contributed by atoms with van der Waals surface area (Å²) >= 11 is 1.36. The second-order valence-electron chi connectivity index (χ2n) is 3.78. The summed E-state index contributed by atoms with van der Waals surface area (Å²) in [5.41, 5.74) is 0. The molecule has 18 heavy (non-hydrogen) atoms. The summed E-state index contributed by atoms with van der Waals surface area (Å²) in [4.78, 5) is 25.8. The smallest absolute Gasteiger partial charge is 0.305 e. The monoisotopic (exact) mass is 271 g/mol. The van der Waals surface area contributed by atoms with Gasteiger partial charge in [0.25, 0.3) is 5.91 Å². The van der Waals surface area contributed by atoms with E-state index in [1.54, 1.807) is 0 Å². The minimum Gasteiger partial charge on any atom is -0.495 e. The summed E-state index contributed by atoms with van der Waals surface area (Å²) in [5, 5.41) is 8.66. The van der Waals surface area contributed by atoms with Gasteiger partial charge in [0, 0.05) is 18.0 Å². The molecule has 5 nitrogen and oxygen atoms in total. The van der Waals surface area contributed by atoms with Gasteiger partial charge < -0.3 is 14.7 Å². The zero-order chi connectivity index (χ0) is 13.7. The maximum absolute atomic E-state index is 12.2. The van der Waals surface area contributed by atoms with Crippen LogP contribution in [0.2, 0.25) is 0 Å². The molecule has 0 saturated heterocycles. The third kappa shape index (κ3) is 3.46. The minimum absolute atomic E-state index is 0.0494. The van der Waals surface area contributed by atoms with Crippen molar-refractivity contribution < 1.29 is 19.4 Å². The fraction of sp³-hybridized carbons (Fsp3) is 0.500. The Kier molecular flexibility index (Phi) is 5.15. The van der Waals surface area contributed by atoms with E-state index in [4.69, 9.17) is 9.84 Å². The van der Waals surface area contributed by atoms with Crippen LogP contribution in [0.4, 0.5) is 0 Å². The summed E-state index contributed by atoms with van der Waals surface area (Å²) in [6.07, 6.45) is -0.0494. The maximum Gasteiger partial charge on any atom is 0.305 e. The summed E-state index contributed by atoms with van der Waals surface area (Å²) in [5.74, 6) is -0.527. The van der Waals surface area contributed by atoms with Crippen LogP contribution in [-0.2, 0) is 4.79 Å². The van der Waals surface area contributed by atoms with Gasteiger partial charge in [0.2, 0.25) is 0 Å². The lowest BCUT2D eigenvalue weighted by Gasteiger charge is -2.19. The van der Waals surface area contributed by atoms with Gasteiger partial charge in [-0.3, -0.25) is 9.59 Å². The number of amides is 1. The predicted octanol–water partition coefficient (Wildman–Crippen LogP) is 2.00. The van der Waals surface area contributed by atoms with Gasteiger partial charge in [-0.1, -0.05) is 0 Å². The quantitative estimate of drug-likeness (QED) is 0.859. The van der Waals surface area contributed by atoms with Crippen LogP contribution < -0.4 is 4.74 Å². The number of rotatable bonds is 6. The van der Waals surface area contributed by atoms with Crippen LogP contribution in [0.15, 0.2) is 6.07 Å². The number of hydrogen-bond donors (Lipinski definition) is 1. The molecule has 0 aliphatic heterocycles. The Morgan fingerprint density at radius 3 is 2.67 bits per heavy atom. The minimum atomic E-state index is -0.907. The van der Waals surface area contributed by atoms with Gasteiger partial charge in [0.05, 0.1) is 13.5 Å². The molecule has 100 valence electrons. The fourth-order valence-corrected chi connectivity index (χ4v) is 2.52. The average Bonchev–Trinajstić information content (AvgIpc) is 2.70. The molecule has 0 bridgehead atoms. The van der Waals surface area contributed by atoms with Gasteiger partial charge in [-0.25, -0.2) is 0 Å². The van der Waals surface area contributed by atoms with Gasteiger partial charge in [-0.2, -0.15) is 0 Å². The summed E-state index contributed by atoms with van der Waals surface area (Å²) in [7, 11) is 1.52. The van der Waals surface area contributed by atoms with Crippen molar-refractivity contribution in [2.45, 2.75) is 20.3 Å². The highest BCUT2D eigenvalue weighted by molar-refractivity contribution is 7.14. The summed E-state index contributed by atoms with van der Waals surface area (Å²) < 4.78 is 5.15. The number of carboxylic acids is 1. The highest BCUT2D eigenvalue weighted by Crippen LogP contribution is 2.29. The van der Waals surface area contributed by atoms with Crippen LogP contribution in [0, 0.1) is 6.92 Å². The van der Waals surface area contributed by atoms with E-state index in [1.807, 2.05) is 19.9 Å². The SMILES string of the molecule is CCN(CCC(=O)O)C(=O)c1sc(C)cc1OC. The van der Waals surface area contributed by atoms with Crippen molar-refractivity contribution in [3.8, 4) is 5.75 Å². The molecular formula is C12H17NO4S. The highest BCUT2D eigenvalue weighted by Gasteiger charge is 2.21. The van der Waals surface area contributed by atoms with Gasteiger partial charge in [0.15, 0.2) is 0 Å². The molecule has 0 aliphatic carbocycles. The van der Waals surface area contributed by atoms with Crippen LogP contribution in [0.25, 0.3) is 0 Å². The standard InChI is InChI=1S/C12H17NO4S/c1-4-13(6-5-10(14)15)12(16)11-9(17-3)7-8(2)18-11/h7H,4-6H2,1-3H3,(H,14,15). The topological polar surface area (TPSA) is 66.8 Å². The van der Waals surface area contributed by atoms with Gasteiger partial charge >= 0.3 is 5.97 Å². The fourth-order valence-electron chi connectivity index (χ4n) is 1.57. The number of hydrogen-bond acceptors (Lipinski definition) is 4. The van der Waals surface area contributed by atoms with Crippen molar-refractivity contribution in [1.82, 2.24) is 4.90 Å². The van der Waals surface area contributed by atoms with Crippen molar-refractivity contribution in [3.63, 3.8) is 0 Å². The zero-order valence-corrected chi connectivity index (χ0v) is 11.5. The summed E-state index contributed by atoms with van der Waals surface area (Å²) in [6, 6.07) is 1.81. The van der Waals surface area contributed by atoms with E-state index in [9.17, 15) is 9.59 Å². The maximum atomic E-state index is 12.2. The molecule has 0 unspecified atom stereocenters. The molecule has 1 aromatic heterocycles. The van der Waals surface area contributed by atoms with E-state index < -0.39 is 5.97 Å². The van der Waals surface area contributed by atoms with E-state index in [0.717, 1.165) is 4.88 Å². The lowest BCUT2D eigenvalue weighted by molar-refractivity contribution is -0.137. The second-order valence-corrected chi connectivity index (χ2v) is 5.04. The molecule has 0 aliphatic rings. The largest absolute Gasteiger partial charge is 0.495 e.